The first-order chi connectivity index (χ1) is 19.8. The molecule has 1 saturated heterocycles. The highest BCUT2D eigenvalue weighted by Gasteiger charge is 2.20. The van der Waals surface area contributed by atoms with Crippen molar-refractivity contribution in [2.24, 2.45) is 0 Å². The van der Waals surface area contributed by atoms with Gasteiger partial charge in [0.15, 0.2) is 5.82 Å². The molecule has 216 valence electrons. The summed E-state index contributed by atoms with van der Waals surface area (Å²) in [5.41, 5.74) is 3.71. The van der Waals surface area contributed by atoms with Gasteiger partial charge in [0, 0.05) is 48.4 Å². The van der Waals surface area contributed by atoms with Crippen LogP contribution >= 0.6 is 0 Å². The van der Waals surface area contributed by atoms with Crippen molar-refractivity contribution >= 4 is 17.5 Å². The molecule has 0 spiro atoms. The number of methoxy groups -OCH3 is 1. The number of H-pyrrole nitrogens is 1. The third-order valence-electron chi connectivity index (χ3n) is 6.75. The van der Waals surface area contributed by atoms with Gasteiger partial charge in [-0.2, -0.15) is 5.10 Å². The van der Waals surface area contributed by atoms with Crippen molar-refractivity contribution in [3.8, 4) is 34.0 Å². The average Bonchev–Trinajstić information content (AvgIpc) is 3.64. The molecule has 41 heavy (non-hydrogen) atoms. The van der Waals surface area contributed by atoms with E-state index in [4.69, 9.17) is 18.7 Å². The fourth-order valence-corrected chi connectivity index (χ4v) is 4.40. The number of hydrogen-bond donors (Lipinski definition) is 3. The molecule has 2 aromatic heterocycles. The van der Waals surface area contributed by atoms with E-state index in [1.165, 1.54) is 0 Å². The van der Waals surface area contributed by atoms with E-state index in [0.29, 0.717) is 29.6 Å². The molecule has 0 bridgehead atoms. The van der Waals surface area contributed by atoms with Gasteiger partial charge in [-0.15, -0.1) is 0 Å². The van der Waals surface area contributed by atoms with Gasteiger partial charge < -0.3 is 24.1 Å². The zero-order valence-corrected chi connectivity index (χ0v) is 23.8. The molecule has 11 heteroatoms. The minimum Gasteiger partial charge on any atom is -0.496 e. The first-order valence-electron chi connectivity index (χ1n) is 13.6. The summed E-state index contributed by atoms with van der Waals surface area (Å²) in [7, 11) is 1.58. The van der Waals surface area contributed by atoms with Gasteiger partial charge in [-0.3, -0.25) is 15.3 Å². The predicted molar refractivity (Wildman–Crippen MR) is 157 cm³/mol. The number of ether oxygens (including phenoxy) is 3. The van der Waals surface area contributed by atoms with Crippen LogP contribution in [0.25, 0.3) is 22.5 Å². The number of amides is 2. The lowest BCUT2D eigenvalue weighted by molar-refractivity contribution is 0.0322. The monoisotopic (exact) mass is 560 g/mol. The van der Waals surface area contributed by atoms with Crippen LogP contribution in [0.4, 0.5) is 16.3 Å². The summed E-state index contributed by atoms with van der Waals surface area (Å²) in [6.07, 6.45) is 0. The maximum absolute atomic E-state index is 12.5. The third-order valence-corrected chi connectivity index (χ3v) is 6.75. The number of carbonyl (C=O) groups is 1. The SMILES string of the molecule is COc1cc(NC(=O)Nc2cc(C(C)(C)C)on2)ccc1-c1cc(-c2ccc(OCCN3CCOCC3)cc2)[nH]n1. The normalized spacial score (nSPS) is 14.0. The van der Waals surface area contributed by atoms with Crippen LogP contribution in [0.2, 0.25) is 0 Å². The smallest absolute Gasteiger partial charge is 0.324 e. The molecule has 0 saturated carbocycles. The van der Waals surface area contributed by atoms with Crippen molar-refractivity contribution in [3.05, 3.63) is 60.4 Å². The van der Waals surface area contributed by atoms with Crippen molar-refractivity contribution in [1.82, 2.24) is 20.3 Å². The Kier molecular flexibility index (Phi) is 8.55. The highest BCUT2D eigenvalue weighted by atomic mass is 16.5. The van der Waals surface area contributed by atoms with Crippen LogP contribution in [0.15, 0.2) is 59.1 Å². The van der Waals surface area contributed by atoms with Gasteiger partial charge in [0.25, 0.3) is 0 Å². The Labute approximate surface area is 239 Å². The largest absolute Gasteiger partial charge is 0.496 e. The number of morpholine rings is 1. The average molecular weight is 561 g/mol. The van der Waals surface area contributed by atoms with Crippen LogP contribution in [-0.4, -0.2) is 72.8 Å². The molecule has 11 nitrogen and oxygen atoms in total. The number of nitrogens with one attached hydrogen (secondary N) is 3. The highest BCUT2D eigenvalue weighted by molar-refractivity contribution is 5.99. The summed E-state index contributed by atoms with van der Waals surface area (Å²) < 4.78 is 22.2. The quantitative estimate of drug-likeness (QED) is 0.249. The second-order valence-electron chi connectivity index (χ2n) is 10.8. The molecule has 0 atom stereocenters. The summed E-state index contributed by atoms with van der Waals surface area (Å²) >= 11 is 0. The van der Waals surface area contributed by atoms with Crippen LogP contribution in [0.3, 0.4) is 0 Å². The molecule has 1 fully saturated rings. The van der Waals surface area contributed by atoms with Crippen molar-refractivity contribution in [3.63, 3.8) is 0 Å². The number of anilines is 2. The maximum atomic E-state index is 12.5. The standard InChI is InChI=1S/C30H36N6O5/c1-30(2,3)27-19-28(35-41-27)32-29(37)31-21-7-10-23(26(17-21)38-4)25-18-24(33-34-25)20-5-8-22(9-6-20)40-16-13-36-11-14-39-15-12-36/h5-10,17-19H,11-16H2,1-4H3,(H,33,34)(H2,31,32,35,37). The molecule has 3 N–H and O–H groups in total. The van der Waals surface area contributed by atoms with E-state index in [-0.39, 0.29) is 5.41 Å². The number of benzene rings is 2. The second kappa shape index (κ2) is 12.4. The number of urea groups is 1. The fourth-order valence-electron chi connectivity index (χ4n) is 4.40. The van der Waals surface area contributed by atoms with E-state index in [0.717, 1.165) is 61.1 Å². The lowest BCUT2D eigenvalue weighted by Crippen LogP contribution is -2.38. The van der Waals surface area contributed by atoms with Gasteiger partial charge in [-0.25, -0.2) is 4.79 Å². The minimum atomic E-state index is -0.441. The molecule has 0 radical (unpaired) electrons. The van der Waals surface area contributed by atoms with Crippen LogP contribution in [-0.2, 0) is 10.2 Å². The van der Waals surface area contributed by atoms with E-state index in [1.807, 2.05) is 57.2 Å². The Hall–Kier alpha value is -4.35. The minimum absolute atomic E-state index is 0.209. The van der Waals surface area contributed by atoms with Crippen molar-refractivity contribution < 1.29 is 23.5 Å². The molecule has 1 aliphatic heterocycles. The number of rotatable bonds is 9. The van der Waals surface area contributed by atoms with Crippen molar-refractivity contribution in [2.75, 3.05) is 57.2 Å². The van der Waals surface area contributed by atoms with Crippen LogP contribution in [0.5, 0.6) is 11.5 Å². The zero-order valence-electron chi connectivity index (χ0n) is 23.8. The first-order valence-corrected chi connectivity index (χ1v) is 13.6. The number of hydrogen-bond acceptors (Lipinski definition) is 8. The number of carbonyl (C=O) groups excluding carboxylic acids is 1. The number of aromatic nitrogens is 3. The van der Waals surface area contributed by atoms with Gasteiger partial charge in [0.1, 0.15) is 23.9 Å². The summed E-state index contributed by atoms with van der Waals surface area (Å²) in [5, 5.41) is 17.0. The van der Waals surface area contributed by atoms with Gasteiger partial charge in [-0.1, -0.05) is 25.9 Å². The van der Waals surface area contributed by atoms with Gasteiger partial charge in [-0.05, 0) is 48.0 Å². The summed E-state index contributed by atoms with van der Waals surface area (Å²) in [6, 6.07) is 16.6. The second-order valence-corrected chi connectivity index (χ2v) is 10.8. The summed E-state index contributed by atoms with van der Waals surface area (Å²) in [4.78, 5) is 14.9. The Morgan fingerprint density at radius 3 is 2.54 bits per heavy atom. The maximum Gasteiger partial charge on any atom is 0.324 e. The van der Waals surface area contributed by atoms with Crippen molar-refractivity contribution in [2.45, 2.75) is 26.2 Å². The fraction of sp³-hybridized carbons (Fsp3) is 0.367. The summed E-state index contributed by atoms with van der Waals surface area (Å²) in [5.74, 6) is 2.42. The van der Waals surface area contributed by atoms with E-state index >= 15 is 0 Å². The molecule has 5 rings (SSSR count). The molecular weight excluding hydrogens is 524 g/mol. The van der Waals surface area contributed by atoms with E-state index < -0.39 is 6.03 Å². The molecule has 2 aromatic carbocycles. The van der Waals surface area contributed by atoms with E-state index in [9.17, 15) is 4.79 Å². The van der Waals surface area contributed by atoms with Crippen LogP contribution in [0.1, 0.15) is 26.5 Å². The van der Waals surface area contributed by atoms with Gasteiger partial charge >= 0.3 is 6.03 Å². The first kappa shape index (κ1) is 28.2. The zero-order chi connectivity index (χ0) is 28.8. The van der Waals surface area contributed by atoms with E-state index in [2.05, 4.69) is 30.9 Å². The summed E-state index contributed by atoms with van der Waals surface area (Å²) in [6.45, 7) is 11.0. The molecule has 3 heterocycles. The molecule has 0 unspecified atom stereocenters. The van der Waals surface area contributed by atoms with Gasteiger partial charge in [0.05, 0.1) is 31.7 Å². The highest BCUT2D eigenvalue weighted by Crippen LogP contribution is 2.33. The molecular formula is C30H36N6O5. The molecule has 1 aliphatic rings. The Balaban J connectivity index is 1.19. The number of aromatic amines is 1. The molecule has 2 amide bonds. The molecule has 4 aromatic rings. The third kappa shape index (κ3) is 7.24. The number of nitrogens with zero attached hydrogens (tertiary/aromatic N) is 3. The van der Waals surface area contributed by atoms with E-state index in [1.54, 1.807) is 25.3 Å². The lowest BCUT2D eigenvalue weighted by atomic mass is 9.93. The van der Waals surface area contributed by atoms with Crippen LogP contribution < -0.4 is 20.1 Å². The van der Waals surface area contributed by atoms with Crippen LogP contribution in [0, 0.1) is 0 Å². The van der Waals surface area contributed by atoms with Gasteiger partial charge in [0.2, 0.25) is 0 Å². The van der Waals surface area contributed by atoms with Crippen molar-refractivity contribution in [1.29, 1.82) is 0 Å². The Morgan fingerprint density at radius 2 is 1.83 bits per heavy atom. The predicted octanol–water partition coefficient (Wildman–Crippen LogP) is 5.39. The lowest BCUT2D eigenvalue weighted by Gasteiger charge is -2.26. The molecule has 0 aliphatic carbocycles. The Bertz CT molecular complexity index is 1450. The Morgan fingerprint density at radius 1 is 1.05 bits per heavy atom. The topological polar surface area (TPSA) is 127 Å².